The van der Waals surface area contributed by atoms with Gasteiger partial charge >= 0.3 is 0 Å². The highest BCUT2D eigenvalue weighted by atomic mass is 16.3. The Kier molecular flexibility index (Phi) is 5.28. The van der Waals surface area contributed by atoms with Crippen LogP contribution >= 0.6 is 0 Å². The maximum absolute atomic E-state index is 12.5. The van der Waals surface area contributed by atoms with Gasteiger partial charge in [0.25, 0.3) is 0 Å². The second-order valence-corrected chi connectivity index (χ2v) is 6.42. The van der Waals surface area contributed by atoms with Crippen LogP contribution in [0.25, 0.3) is 11.0 Å². The molecule has 0 bridgehead atoms. The second-order valence-electron chi connectivity index (χ2n) is 6.42. The Bertz CT molecular complexity index is 979. The molecule has 0 saturated carbocycles. The van der Waals surface area contributed by atoms with E-state index in [1.54, 1.807) is 0 Å². The molecule has 1 atom stereocenters. The molecule has 0 aliphatic heterocycles. The van der Waals surface area contributed by atoms with Gasteiger partial charge in [-0.15, -0.1) is 0 Å². The normalized spacial score (nSPS) is 12.2. The zero-order chi connectivity index (χ0) is 18.7. The van der Waals surface area contributed by atoms with Crippen LogP contribution in [0.4, 0.5) is 11.6 Å². The van der Waals surface area contributed by atoms with E-state index in [9.17, 15) is 9.90 Å². The largest absolute Gasteiger partial charge is 0.440 e. The first-order valence-corrected chi connectivity index (χ1v) is 8.81. The average molecular weight is 352 g/mol. The highest BCUT2D eigenvalue weighted by Gasteiger charge is 2.16. The number of fused-ring (bicyclic) bond motifs is 1. The number of hydrogen-bond donors (Lipinski definition) is 3. The fourth-order valence-corrected chi connectivity index (χ4v) is 3.13. The molecule has 5 nitrogen and oxygen atoms in total. The molecule has 0 aliphatic rings. The Morgan fingerprint density at radius 2 is 1.96 bits per heavy atom. The molecule has 5 heteroatoms. The van der Waals surface area contributed by atoms with E-state index < -0.39 is 0 Å². The van der Waals surface area contributed by atoms with E-state index in [0.717, 1.165) is 22.4 Å². The molecule has 136 valence electrons. The van der Waals surface area contributed by atoms with Crippen LogP contribution in [-0.4, -0.2) is 11.7 Å². The van der Waals surface area contributed by atoms with E-state index >= 15 is 0 Å². The zero-order valence-electron chi connectivity index (χ0n) is 15.3. The fourth-order valence-electron chi connectivity index (χ4n) is 3.13. The molecule has 0 saturated heterocycles. The molecule has 0 fully saturated rings. The lowest BCUT2D eigenvalue weighted by Crippen LogP contribution is -2.12. The SMILES string of the molecule is CCNc1cc(=O)c2cc(C)cc(C(C)Nc3ccccc3CO)c2o1. The maximum Gasteiger partial charge on any atom is 0.197 e. The summed E-state index contributed by atoms with van der Waals surface area (Å²) in [5, 5.41) is 16.6. The van der Waals surface area contributed by atoms with Gasteiger partial charge < -0.3 is 20.2 Å². The van der Waals surface area contributed by atoms with E-state index in [4.69, 9.17) is 4.42 Å². The highest BCUT2D eigenvalue weighted by molar-refractivity contribution is 5.82. The highest BCUT2D eigenvalue weighted by Crippen LogP contribution is 2.29. The van der Waals surface area contributed by atoms with Gasteiger partial charge in [0.05, 0.1) is 18.0 Å². The minimum absolute atomic E-state index is 0.0376. The summed E-state index contributed by atoms with van der Waals surface area (Å²) in [6.07, 6.45) is 0. The number of benzene rings is 2. The van der Waals surface area contributed by atoms with Crippen molar-refractivity contribution in [1.29, 1.82) is 0 Å². The minimum Gasteiger partial charge on any atom is -0.440 e. The summed E-state index contributed by atoms with van der Waals surface area (Å²) in [5.41, 5.74) is 4.12. The monoisotopic (exact) mass is 352 g/mol. The van der Waals surface area contributed by atoms with Gasteiger partial charge in [0, 0.05) is 29.4 Å². The van der Waals surface area contributed by atoms with Gasteiger partial charge in [-0.1, -0.05) is 24.3 Å². The summed E-state index contributed by atoms with van der Waals surface area (Å²) in [5.74, 6) is 0.470. The predicted octanol–water partition coefficient (Wildman–Crippen LogP) is 4.20. The standard InChI is InChI=1S/C21H24N2O3/c1-4-22-20-11-19(25)17-10-13(2)9-16(21(17)26-20)14(3)23-18-8-6-5-7-15(18)12-24/h5-11,14,22-24H,4,12H2,1-3H3. The van der Waals surface area contributed by atoms with Crippen molar-refractivity contribution < 1.29 is 9.52 Å². The Labute approximate surface area is 152 Å². The van der Waals surface area contributed by atoms with Gasteiger partial charge in [-0.05, 0) is 38.5 Å². The third-order valence-electron chi connectivity index (χ3n) is 4.38. The molecule has 3 rings (SSSR count). The predicted molar refractivity (Wildman–Crippen MR) is 106 cm³/mol. The van der Waals surface area contributed by atoms with E-state index in [1.165, 1.54) is 6.07 Å². The first kappa shape index (κ1) is 18.0. The first-order valence-electron chi connectivity index (χ1n) is 8.81. The molecule has 1 heterocycles. The van der Waals surface area contributed by atoms with E-state index in [-0.39, 0.29) is 18.1 Å². The Morgan fingerprint density at radius 1 is 1.19 bits per heavy atom. The third-order valence-corrected chi connectivity index (χ3v) is 4.38. The van der Waals surface area contributed by atoms with E-state index in [2.05, 4.69) is 10.6 Å². The lowest BCUT2D eigenvalue weighted by molar-refractivity contribution is 0.282. The second kappa shape index (κ2) is 7.62. The van der Waals surface area contributed by atoms with Crippen LogP contribution in [0.15, 0.2) is 51.7 Å². The Morgan fingerprint density at radius 3 is 2.69 bits per heavy atom. The van der Waals surface area contributed by atoms with Gasteiger partial charge in [0.1, 0.15) is 5.58 Å². The fraction of sp³-hybridized carbons (Fsp3) is 0.286. The maximum atomic E-state index is 12.5. The molecule has 1 unspecified atom stereocenters. The summed E-state index contributed by atoms with van der Waals surface area (Å²) in [6, 6.07) is 12.9. The van der Waals surface area contributed by atoms with Gasteiger partial charge in [0.2, 0.25) is 0 Å². The summed E-state index contributed by atoms with van der Waals surface area (Å²) < 4.78 is 5.98. The Balaban J connectivity index is 2.09. The van der Waals surface area contributed by atoms with Crippen molar-refractivity contribution in [2.75, 3.05) is 17.2 Å². The van der Waals surface area contributed by atoms with Crippen LogP contribution in [-0.2, 0) is 6.61 Å². The molecule has 0 radical (unpaired) electrons. The average Bonchev–Trinajstić information content (AvgIpc) is 2.62. The molecule has 0 spiro atoms. The third kappa shape index (κ3) is 3.58. The number of nitrogens with one attached hydrogen (secondary N) is 2. The van der Waals surface area contributed by atoms with Gasteiger partial charge in [-0.3, -0.25) is 4.79 Å². The molecule has 3 aromatic rings. The lowest BCUT2D eigenvalue weighted by atomic mass is 10.0. The number of aliphatic hydroxyl groups is 1. The van der Waals surface area contributed by atoms with Crippen LogP contribution in [0.3, 0.4) is 0 Å². The minimum atomic E-state index is -0.106. The molecule has 0 aliphatic carbocycles. The van der Waals surface area contributed by atoms with Crippen LogP contribution in [0.1, 0.15) is 36.6 Å². The summed E-state index contributed by atoms with van der Waals surface area (Å²) in [6.45, 7) is 6.57. The smallest absolute Gasteiger partial charge is 0.197 e. The molecule has 26 heavy (non-hydrogen) atoms. The van der Waals surface area contributed by atoms with Crippen molar-refractivity contribution in [2.24, 2.45) is 0 Å². The zero-order valence-corrected chi connectivity index (χ0v) is 15.3. The topological polar surface area (TPSA) is 74.5 Å². The van der Waals surface area contributed by atoms with Crippen LogP contribution in [0.5, 0.6) is 0 Å². The Hall–Kier alpha value is -2.79. The molecular formula is C21H24N2O3. The first-order chi connectivity index (χ1) is 12.5. The van der Waals surface area contributed by atoms with Crippen molar-refractivity contribution >= 4 is 22.5 Å². The number of hydrogen-bond acceptors (Lipinski definition) is 5. The number of anilines is 2. The number of para-hydroxylation sites is 1. The van der Waals surface area contributed by atoms with Crippen LogP contribution < -0.4 is 16.1 Å². The molecular weight excluding hydrogens is 328 g/mol. The van der Waals surface area contributed by atoms with E-state index in [0.29, 0.717) is 23.4 Å². The van der Waals surface area contributed by atoms with Crippen molar-refractivity contribution in [1.82, 2.24) is 0 Å². The number of aryl methyl sites for hydroxylation is 1. The molecule has 3 N–H and O–H groups in total. The quantitative estimate of drug-likeness (QED) is 0.620. The van der Waals surface area contributed by atoms with Crippen LogP contribution in [0.2, 0.25) is 0 Å². The number of aliphatic hydroxyl groups excluding tert-OH is 1. The van der Waals surface area contributed by atoms with Crippen molar-refractivity contribution in [3.05, 3.63) is 69.4 Å². The summed E-state index contributed by atoms with van der Waals surface area (Å²) in [7, 11) is 0. The van der Waals surface area contributed by atoms with Crippen molar-refractivity contribution in [2.45, 2.75) is 33.4 Å². The summed E-state index contributed by atoms with van der Waals surface area (Å²) in [4.78, 5) is 12.5. The van der Waals surface area contributed by atoms with Crippen molar-refractivity contribution in [3.63, 3.8) is 0 Å². The van der Waals surface area contributed by atoms with E-state index in [1.807, 2.05) is 57.2 Å². The molecule has 2 aromatic carbocycles. The van der Waals surface area contributed by atoms with Gasteiger partial charge in [-0.25, -0.2) is 0 Å². The summed E-state index contributed by atoms with van der Waals surface area (Å²) >= 11 is 0. The van der Waals surface area contributed by atoms with Gasteiger partial charge in [0.15, 0.2) is 11.3 Å². The number of rotatable bonds is 6. The van der Waals surface area contributed by atoms with Crippen molar-refractivity contribution in [3.8, 4) is 0 Å². The van der Waals surface area contributed by atoms with Crippen LogP contribution in [0, 0.1) is 6.92 Å². The lowest BCUT2D eigenvalue weighted by Gasteiger charge is -2.19. The molecule has 0 amide bonds. The molecule has 1 aromatic heterocycles. The van der Waals surface area contributed by atoms with Gasteiger partial charge in [-0.2, -0.15) is 0 Å².